The minimum absolute atomic E-state index is 0.125. The molecule has 94 valence electrons. The topological polar surface area (TPSA) is 32.3 Å². The predicted octanol–water partition coefficient (Wildman–Crippen LogP) is 2.41. The average molecular weight is 242 g/mol. The summed E-state index contributed by atoms with van der Waals surface area (Å²) in [5, 5.41) is 5.33. The minimum Gasteiger partial charge on any atom is -0.319 e. The average Bonchev–Trinajstić information content (AvgIpc) is 2.43. The number of rotatable bonds is 4. The van der Waals surface area contributed by atoms with Crippen molar-refractivity contribution in [3.8, 4) is 0 Å². The Morgan fingerprint density at radius 2 is 1.89 bits per heavy atom. The van der Waals surface area contributed by atoms with Crippen molar-refractivity contribution in [2.45, 2.75) is 6.42 Å². The molecular formula is C15H18N2O. The molecule has 0 saturated heterocycles. The molecule has 2 aromatic rings. The van der Waals surface area contributed by atoms with Crippen molar-refractivity contribution in [3.05, 3.63) is 42.5 Å². The Bertz CT molecular complexity index is 551. The van der Waals surface area contributed by atoms with E-state index in [-0.39, 0.29) is 5.91 Å². The second-order valence-corrected chi connectivity index (χ2v) is 4.34. The lowest BCUT2D eigenvalue weighted by Gasteiger charge is -2.17. The van der Waals surface area contributed by atoms with Crippen LogP contribution < -0.4 is 10.2 Å². The zero-order chi connectivity index (χ0) is 13.0. The highest BCUT2D eigenvalue weighted by molar-refractivity contribution is 5.96. The molecule has 3 nitrogen and oxygen atoms in total. The third-order valence-corrected chi connectivity index (χ3v) is 3.08. The van der Waals surface area contributed by atoms with Gasteiger partial charge in [-0.2, -0.15) is 0 Å². The lowest BCUT2D eigenvalue weighted by atomic mass is 10.1. The number of nitrogens with one attached hydrogen (secondary N) is 1. The third-order valence-electron chi connectivity index (χ3n) is 3.08. The summed E-state index contributed by atoms with van der Waals surface area (Å²) in [5.74, 6) is 0.125. The first-order valence-corrected chi connectivity index (χ1v) is 6.12. The van der Waals surface area contributed by atoms with Crippen molar-refractivity contribution in [2.24, 2.45) is 0 Å². The Balaban J connectivity index is 2.22. The van der Waals surface area contributed by atoms with Crippen LogP contribution in [0.3, 0.4) is 0 Å². The van der Waals surface area contributed by atoms with Crippen molar-refractivity contribution in [1.82, 2.24) is 5.32 Å². The first-order chi connectivity index (χ1) is 8.72. The number of carbonyl (C=O) groups excluding carboxylic acids is 1. The number of carbonyl (C=O) groups is 1. The quantitative estimate of drug-likeness (QED) is 0.893. The molecule has 3 heteroatoms. The highest BCUT2D eigenvalue weighted by Gasteiger charge is 2.10. The Kier molecular flexibility index (Phi) is 3.95. The van der Waals surface area contributed by atoms with Gasteiger partial charge in [-0.1, -0.05) is 30.3 Å². The van der Waals surface area contributed by atoms with Gasteiger partial charge in [0, 0.05) is 25.7 Å². The van der Waals surface area contributed by atoms with Crippen molar-refractivity contribution in [2.75, 3.05) is 25.5 Å². The summed E-state index contributed by atoms with van der Waals surface area (Å²) in [7, 11) is 3.67. The molecule has 0 fully saturated rings. The first-order valence-electron chi connectivity index (χ1n) is 6.12. The van der Waals surface area contributed by atoms with Crippen molar-refractivity contribution < 1.29 is 4.79 Å². The van der Waals surface area contributed by atoms with E-state index in [4.69, 9.17) is 0 Å². The van der Waals surface area contributed by atoms with Gasteiger partial charge in [-0.05, 0) is 30.0 Å². The Morgan fingerprint density at radius 3 is 2.61 bits per heavy atom. The standard InChI is InChI=1S/C15H18N2O/c1-16-10-9-15(18)17(2)14-8-7-12-5-3-4-6-13(12)11-14/h3-8,11,16H,9-10H2,1-2H3. The van der Waals surface area contributed by atoms with Crippen LogP contribution in [-0.2, 0) is 4.79 Å². The van der Waals surface area contributed by atoms with E-state index < -0.39 is 0 Å². The van der Waals surface area contributed by atoms with E-state index in [9.17, 15) is 4.79 Å². The second-order valence-electron chi connectivity index (χ2n) is 4.34. The highest BCUT2D eigenvalue weighted by Crippen LogP contribution is 2.21. The monoisotopic (exact) mass is 242 g/mol. The Labute approximate surface area is 107 Å². The summed E-state index contributed by atoms with van der Waals surface area (Å²) in [4.78, 5) is 13.6. The van der Waals surface area contributed by atoms with Gasteiger partial charge < -0.3 is 10.2 Å². The van der Waals surface area contributed by atoms with E-state index in [1.54, 1.807) is 4.90 Å². The molecule has 1 amide bonds. The molecule has 2 aromatic carbocycles. The summed E-state index contributed by atoms with van der Waals surface area (Å²) in [5.41, 5.74) is 0.940. The Hall–Kier alpha value is -1.87. The molecular weight excluding hydrogens is 224 g/mol. The molecule has 0 aliphatic rings. The lowest BCUT2D eigenvalue weighted by Crippen LogP contribution is -2.28. The van der Waals surface area contributed by atoms with Crippen molar-refractivity contribution >= 4 is 22.4 Å². The van der Waals surface area contributed by atoms with Gasteiger partial charge in [-0.25, -0.2) is 0 Å². The Morgan fingerprint density at radius 1 is 1.17 bits per heavy atom. The van der Waals surface area contributed by atoms with Gasteiger partial charge >= 0.3 is 0 Å². The van der Waals surface area contributed by atoms with E-state index in [1.807, 2.05) is 44.4 Å². The zero-order valence-electron chi connectivity index (χ0n) is 10.8. The number of anilines is 1. The zero-order valence-corrected chi connectivity index (χ0v) is 10.8. The van der Waals surface area contributed by atoms with Gasteiger partial charge in [0.1, 0.15) is 0 Å². The molecule has 2 rings (SSSR count). The van der Waals surface area contributed by atoms with E-state index in [0.29, 0.717) is 13.0 Å². The summed E-state index contributed by atoms with van der Waals surface area (Å²) in [6.45, 7) is 0.705. The molecule has 0 aliphatic carbocycles. The summed E-state index contributed by atoms with van der Waals surface area (Å²) < 4.78 is 0. The maximum absolute atomic E-state index is 11.9. The van der Waals surface area contributed by atoms with Crippen LogP contribution in [-0.4, -0.2) is 26.5 Å². The van der Waals surface area contributed by atoms with Crippen LogP contribution in [0.5, 0.6) is 0 Å². The highest BCUT2D eigenvalue weighted by atomic mass is 16.2. The number of nitrogens with zero attached hydrogens (tertiary/aromatic N) is 1. The van der Waals surface area contributed by atoms with Gasteiger partial charge in [-0.3, -0.25) is 4.79 Å². The molecule has 0 spiro atoms. The summed E-state index contributed by atoms with van der Waals surface area (Å²) >= 11 is 0. The van der Waals surface area contributed by atoms with E-state index in [0.717, 1.165) is 11.1 Å². The number of benzene rings is 2. The van der Waals surface area contributed by atoms with Gasteiger partial charge in [-0.15, -0.1) is 0 Å². The number of amides is 1. The lowest BCUT2D eigenvalue weighted by molar-refractivity contribution is -0.118. The second kappa shape index (κ2) is 5.65. The van der Waals surface area contributed by atoms with Gasteiger partial charge in [0.15, 0.2) is 0 Å². The van der Waals surface area contributed by atoms with E-state index >= 15 is 0 Å². The maximum atomic E-state index is 11.9. The fourth-order valence-corrected chi connectivity index (χ4v) is 1.93. The molecule has 0 radical (unpaired) electrons. The number of fused-ring (bicyclic) bond motifs is 1. The molecule has 0 unspecified atom stereocenters. The van der Waals surface area contributed by atoms with Gasteiger partial charge in [0.25, 0.3) is 0 Å². The molecule has 0 heterocycles. The fourth-order valence-electron chi connectivity index (χ4n) is 1.93. The molecule has 0 aliphatic heterocycles. The smallest absolute Gasteiger partial charge is 0.227 e. The van der Waals surface area contributed by atoms with Crippen LogP contribution in [0.25, 0.3) is 10.8 Å². The predicted molar refractivity (Wildman–Crippen MR) is 75.9 cm³/mol. The van der Waals surface area contributed by atoms with Gasteiger partial charge in [0.05, 0.1) is 0 Å². The molecule has 0 bridgehead atoms. The first kappa shape index (κ1) is 12.6. The minimum atomic E-state index is 0.125. The van der Waals surface area contributed by atoms with Crippen LogP contribution in [0.2, 0.25) is 0 Å². The van der Waals surface area contributed by atoms with Crippen LogP contribution >= 0.6 is 0 Å². The summed E-state index contributed by atoms with van der Waals surface area (Å²) in [6, 6.07) is 14.2. The molecule has 1 N–H and O–H groups in total. The van der Waals surface area contributed by atoms with E-state index in [1.165, 1.54) is 5.39 Å². The van der Waals surface area contributed by atoms with Crippen LogP contribution in [0.1, 0.15) is 6.42 Å². The normalized spacial score (nSPS) is 10.6. The number of hydrogen-bond acceptors (Lipinski definition) is 2. The van der Waals surface area contributed by atoms with Crippen LogP contribution in [0, 0.1) is 0 Å². The molecule has 0 aromatic heterocycles. The fraction of sp³-hybridized carbons (Fsp3) is 0.267. The van der Waals surface area contributed by atoms with E-state index in [2.05, 4.69) is 17.4 Å². The SMILES string of the molecule is CNCCC(=O)N(C)c1ccc2ccccc2c1. The van der Waals surface area contributed by atoms with Crippen molar-refractivity contribution in [3.63, 3.8) is 0 Å². The van der Waals surface area contributed by atoms with Gasteiger partial charge in [0.2, 0.25) is 5.91 Å². The number of hydrogen-bond donors (Lipinski definition) is 1. The molecule has 18 heavy (non-hydrogen) atoms. The molecule has 0 atom stereocenters. The van der Waals surface area contributed by atoms with Crippen LogP contribution in [0.15, 0.2) is 42.5 Å². The molecule has 0 saturated carbocycles. The maximum Gasteiger partial charge on any atom is 0.227 e. The van der Waals surface area contributed by atoms with Crippen LogP contribution in [0.4, 0.5) is 5.69 Å². The summed E-state index contributed by atoms with van der Waals surface area (Å²) in [6.07, 6.45) is 0.514. The third kappa shape index (κ3) is 2.68. The van der Waals surface area contributed by atoms with Crippen molar-refractivity contribution in [1.29, 1.82) is 0 Å². The largest absolute Gasteiger partial charge is 0.319 e.